The van der Waals surface area contributed by atoms with E-state index in [1.54, 1.807) is 0 Å². The van der Waals surface area contributed by atoms with Gasteiger partial charge in [0, 0.05) is 6.61 Å². The molecule has 15 heavy (non-hydrogen) atoms. The van der Waals surface area contributed by atoms with Crippen molar-refractivity contribution in [2.45, 2.75) is 33.1 Å². The Morgan fingerprint density at radius 3 is 2.33 bits per heavy atom. The molecule has 1 unspecified atom stereocenters. The predicted octanol–water partition coefficient (Wildman–Crippen LogP) is 2.95. The number of aliphatic hydroxyl groups is 1. The summed E-state index contributed by atoms with van der Waals surface area (Å²) in [6.07, 6.45) is 3.60. The Hall–Kier alpha value is -0.820. The third-order valence-electron chi connectivity index (χ3n) is 3.65. The van der Waals surface area contributed by atoms with Crippen LogP contribution in [0.15, 0.2) is 24.3 Å². The molecule has 1 aromatic carbocycles. The van der Waals surface area contributed by atoms with Crippen molar-refractivity contribution in [3.8, 4) is 0 Å². The van der Waals surface area contributed by atoms with Crippen molar-refractivity contribution >= 4 is 0 Å². The third-order valence-corrected chi connectivity index (χ3v) is 3.65. The zero-order chi connectivity index (χ0) is 10.9. The Labute approximate surface area is 92.1 Å². The Balaban J connectivity index is 2.09. The zero-order valence-electron chi connectivity index (χ0n) is 9.66. The van der Waals surface area contributed by atoms with Crippen molar-refractivity contribution in [3.63, 3.8) is 0 Å². The van der Waals surface area contributed by atoms with Crippen molar-refractivity contribution in [2.24, 2.45) is 11.3 Å². The summed E-state index contributed by atoms with van der Waals surface area (Å²) in [6, 6.07) is 8.68. The summed E-state index contributed by atoms with van der Waals surface area (Å²) in [5, 5.41) is 9.51. The molecule has 0 heterocycles. The Bertz CT molecular complexity index is 324. The highest BCUT2D eigenvalue weighted by Crippen LogP contribution is 2.46. The molecule has 1 aliphatic carbocycles. The smallest absolute Gasteiger partial charge is 0.0490 e. The van der Waals surface area contributed by atoms with Gasteiger partial charge < -0.3 is 5.11 Å². The van der Waals surface area contributed by atoms with Crippen molar-refractivity contribution in [2.75, 3.05) is 6.61 Å². The fourth-order valence-corrected chi connectivity index (χ4v) is 2.28. The molecule has 0 spiro atoms. The van der Waals surface area contributed by atoms with Gasteiger partial charge in [0.25, 0.3) is 0 Å². The van der Waals surface area contributed by atoms with Gasteiger partial charge in [-0.05, 0) is 43.1 Å². The Morgan fingerprint density at radius 1 is 1.27 bits per heavy atom. The van der Waals surface area contributed by atoms with E-state index in [0.717, 1.165) is 12.3 Å². The summed E-state index contributed by atoms with van der Waals surface area (Å²) >= 11 is 0. The van der Waals surface area contributed by atoms with Crippen LogP contribution in [0.5, 0.6) is 0 Å². The van der Waals surface area contributed by atoms with Crippen LogP contribution in [0, 0.1) is 18.3 Å². The quantitative estimate of drug-likeness (QED) is 0.799. The first-order valence-corrected chi connectivity index (χ1v) is 5.80. The molecule has 1 aromatic rings. The van der Waals surface area contributed by atoms with Crippen molar-refractivity contribution in [1.82, 2.24) is 0 Å². The van der Waals surface area contributed by atoms with E-state index in [0.29, 0.717) is 6.61 Å². The molecule has 1 aliphatic rings. The van der Waals surface area contributed by atoms with E-state index in [9.17, 15) is 5.11 Å². The van der Waals surface area contributed by atoms with Crippen LogP contribution in [0.25, 0.3) is 0 Å². The van der Waals surface area contributed by atoms with Gasteiger partial charge in [0.1, 0.15) is 0 Å². The normalized spacial score (nSPS) is 19.9. The van der Waals surface area contributed by atoms with Crippen LogP contribution in [0.3, 0.4) is 0 Å². The first-order valence-electron chi connectivity index (χ1n) is 5.80. The van der Waals surface area contributed by atoms with Gasteiger partial charge in [0.05, 0.1) is 0 Å². The maximum Gasteiger partial charge on any atom is 0.0490 e. The van der Waals surface area contributed by atoms with E-state index in [1.165, 1.54) is 24.0 Å². The van der Waals surface area contributed by atoms with E-state index in [4.69, 9.17) is 0 Å². The minimum Gasteiger partial charge on any atom is -0.396 e. The van der Waals surface area contributed by atoms with Gasteiger partial charge in [-0.25, -0.2) is 0 Å². The largest absolute Gasteiger partial charge is 0.396 e. The van der Waals surface area contributed by atoms with Crippen LogP contribution in [0.1, 0.15) is 30.9 Å². The van der Waals surface area contributed by atoms with Crippen LogP contribution in [0.4, 0.5) is 0 Å². The van der Waals surface area contributed by atoms with Crippen molar-refractivity contribution < 1.29 is 5.11 Å². The number of aliphatic hydroxyl groups excluding tert-OH is 1. The molecular weight excluding hydrogens is 184 g/mol. The number of aryl methyl sites for hydroxylation is 1. The third kappa shape index (κ3) is 2.40. The second-order valence-corrected chi connectivity index (χ2v) is 5.25. The standard InChI is InChI=1S/C14H20O/c1-11-3-5-12(6-4-11)9-14(2,10-15)13-7-8-13/h3-6,13,15H,7-10H2,1-2H3. The average Bonchev–Trinajstić information content (AvgIpc) is 3.05. The average molecular weight is 204 g/mol. The van der Waals surface area contributed by atoms with Crippen LogP contribution in [0.2, 0.25) is 0 Å². The molecule has 82 valence electrons. The number of benzene rings is 1. The maximum atomic E-state index is 9.51. The highest BCUT2D eigenvalue weighted by atomic mass is 16.3. The minimum absolute atomic E-state index is 0.106. The molecule has 1 saturated carbocycles. The molecule has 0 bridgehead atoms. The lowest BCUT2D eigenvalue weighted by Gasteiger charge is -2.27. The van der Waals surface area contributed by atoms with E-state index >= 15 is 0 Å². The van der Waals surface area contributed by atoms with Crippen LogP contribution in [-0.4, -0.2) is 11.7 Å². The van der Waals surface area contributed by atoms with Gasteiger partial charge in [0.15, 0.2) is 0 Å². The fraction of sp³-hybridized carbons (Fsp3) is 0.571. The van der Waals surface area contributed by atoms with Gasteiger partial charge in [-0.2, -0.15) is 0 Å². The second kappa shape index (κ2) is 3.97. The van der Waals surface area contributed by atoms with E-state index < -0.39 is 0 Å². The molecule has 1 N–H and O–H groups in total. The second-order valence-electron chi connectivity index (χ2n) is 5.25. The molecule has 1 fully saturated rings. The molecule has 1 heteroatoms. The van der Waals surface area contributed by atoms with Crippen LogP contribution in [-0.2, 0) is 6.42 Å². The first-order chi connectivity index (χ1) is 7.14. The van der Waals surface area contributed by atoms with Crippen molar-refractivity contribution in [1.29, 1.82) is 0 Å². The summed E-state index contributed by atoms with van der Waals surface area (Å²) in [5.74, 6) is 0.740. The highest BCUT2D eigenvalue weighted by molar-refractivity contribution is 5.22. The van der Waals surface area contributed by atoms with Gasteiger partial charge in [0.2, 0.25) is 0 Å². The maximum absolute atomic E-state index is 9.51. The first kappa shape index (κ1) is 10.7. The van der Waals surface area contributed by atoms with Gasteiger partial charge in [-0.3, -0.25) is 0 Å². The molecule has 0 radical (unpaired) electrons. The summed E-state index contributed by atoms with van der Waals surface area (Å²) in [6.45, 7) is 4.63. The van der Waals surface area contributed by atoms with Crippen LogP contribution >= 0.6 is 0 Å². The van der Waals surface area contributed by atoms with E-state index in [1.807, 2.05) is 0 Å². The lowest BCUT2D eigenvalue weighted by Crippen LogP contribution is -2.26. The van der Waals surface area contributed by atoms with Gasteiger partial charge in [-0.1, -0.05) is 36.8 Å². The summed E-state index contributed by atoms with van der Waals surface area (Å²) in [7, 11) is 0. The van der Waals surface area contributed by atoms with Gasteiger partial charge in [-0.15, -0.1) is 0 Å². The molecule has 0 aliphatic heterocycles. The van der Waals surface area contributed by atoms with E-state index in [-0.39, 0.29) is 5.41 Å². The number of hydrogen-bond acceptors (Lipinski definition) is 1. The number of hydrogen-bond donors (Lipinski definition) is 1. The fourth-order valence-electron chi connectivity index (χ4n) is 2.28. The molecule has 1 nitrogen and oxygen atoms in total. The summed E-state index contributed by atoms with van der Waals surface area (Å²) in [4.78, 5) is 0. The predicted molar refractivity (Wildman–Crippen MR) is 62.8 cm³/mol. The van der Waals surface area contributed by atoms with Crippen molar-refractivity contribution in [3.05, 3.63) is 35.4 Å². The summed E-state index contributed by atoms with van der Waals surface area (Å²) in [5.41, 5.74) is 2.76. The lowest BCUT2D eigenvalue weighted by atomic mass is 9.80. The van der Waals surface area contributed by atoms with Gasteiger partial charge >= 0.3 is 0 Å². The Morgan fingerprint density at radius 2 is 1.87 bits per heavy atom. The topological polar surface area (TPSA) is 20.2 Å². The molecule has 0 saturated heterocycles. The Kier molecular flexibility index (Phi) is 2.83. The lowest BCUT2D eigenvalue weighted by molar-refractivity contribution is 0.119. The van der Waals surface area contributed by atoms with Crippen LogP contribution < -0.4 is 0 Å². The molecule has 0 aromatic heterocycles. The molecule has 0 amide bonds. The van der Waals surface area contributed by atoms with E-state index in [2.05, 4.69) is 38.1 Å². The SMILES string of the molecule is Cc1ccc(CC(C)(CO)C2CC2)cc1. The summed E-state index contributed by atoms with van der Waals surface area (Å²) < 4.78 is 0. The minimum atomic E-state index is 0.106. The number of rotatable bonds is 4. The monoisotopic (exact) mass is 204 g/mol. The molecular formula is C14H20O. The highest BCUT2D eigenvalue weighted by Gasteiger charge is 2.40. The molecule has 2 rings (SSSR count). The zero-order valence-corrected chi connectivity index (χ0v) is 9.66. The molecule has 1 atom stereocenters.